The number of thioether (sulfide) groups is 1. The maximum absolute atomic E-state index is 12.3. The molecule has 0 aliphatic heterocycles. The van der Waals surface area contributed by atoms with Crippen LogP contribution in [0.15, 0.2) is 72.4 Å². The summed E-state index contributed by atoms with van der Waals surface area (Å²) in [6.07, 6.45) is 1.79. The van der Waals surface area contributed by atoms with Crippen LogP contribution in [0, 0.1) is 0 Å². The lowest BCUT2D eigenvalue weighted by Crippen LogP contribution is -2.15. The summed E-state index contributed by atoms with van der Waals surface area (Å²) in [6, 6.07) is 17.1. The summed E-state index contributed by atoms with van der Waals surface area (Å²) in [4.78, 5) is 12.3. The van der Waals surface area contributed by atoms with Crippen LogP contribution in [0.25, 0.3) is 11.4 Å². The van der Waals surface area contributed by atoms with Crippen molar-refractivity contribution in [2.75, 3.05) is 18.2 Å². The Morgan fingerprint density at radius 1 is 1.19 bits per heavy atom. The van der Waals surface area contributed by atoms with Gasteiger partial charge in [-0.15, -0.1) is 16.8 Å². The van der Waals surface area contributed by atoms with Gasteiger partial charge in [0.25, 0.3) is 0 Å². The minimum atomic E-state index is -0.140. The van der Waals surface area contributed by atoms with Crippen molar-refractivity contribution >= 4 is 23.4 Å². The number of benzene rings is 2. The van der Waals surface area contributed by atoms with Crippen LogP contribution in [0.5, 0.6) is 5.75 Å². The van der Waals surface area contributed by atoms with Gasteiger partial charge >= 0.3 is 0 Å². The van der Waals surface area contributed by atoms with Crippen LogP contribution in [-0.4, -0.2) is 33.5 Å². The molecule has 1 amide bonds. The highest BCUT2D eigenvalue weighted by Crippen LogP contribution is 2.26. The van der Waals surface area contributed by atoms with Gasteiger partial charge in [0.1, 0.15) is 5.75 Å². The molecule has 0 spiro atoms. The summed E-state index contributed by atoms with van der Waals surface area (Å²) in [6.45, 7) is 4.37. The molecular formula is C20H20N4O2S. The molecule has 1 aromatic heterocycles. The second-order valence-electron chi connectivity index (χ2n) is 5.61. The largest absolute Gasteiger partial charge is 0.495 e. The Kier molecular flexibility index (Phi) is 6.27. The Morgan fingerprint density at radius 2 is 1.93 bits per heavy atom. The molecule has 1 N–H and O–H groups in total. The summed E-state index contributed by atoms with van der Waals surface area (Å²) in [7, 11) is 1.57. The van der Waals surface area contributed by atoms with Gasteiger partial charge in [0.05, 0.1) is 18.6 Å². The number of carbonyl (C=O) groups is 1. The Balaban J connectivity index is 1.71. The Hall–Kier alpha value is -3.06. The number of nitrogens with zero attached hydrogens (tertiary/aromatic N) is 3. The number of hydrogen-bond acceptors (Lipinski definition) is 5. The zero-order valence-electron chi connectivity index (χ0n) is 15.0. The molecule has 0 aliphatic carbocycles. The normalized spacial score (nSPS) is 10.4. The molecule has 1 heterocycles. The van der Waals surface area contributed by atoms with Gasteiger partial charge in [0.2, 0.25) is 5.91 Å². The third-order valence-electron chi connectivity index (χ3n) is 3.77. The number of rotatable bonds is 8. The molecule has 0 fully saturated rings. The molecule has 0 unspecified atom stereocenters. The fourth-order valence-electron chi connectivity index (χ4n) is 2.55. The number of anilines is 1. The standard InChI is InChI=1S/C20H20N4O2S/c1-3-13-24-19(15-9-5-4-6-10-15)22-23-20(24)27-14-18(25)21-16-11-7-8-12-17(16)26-2/h3-12H,1,13-14H2,2H3,(H,21,25). The molecule has 2 aromatic carbocycles. The first kappa shape index (κ1) is 18.7. The van der Waals surface area contributed by atoms with Crippen molar-refractivity contribution in [1.29, 1.82) is 0 Å². The second-order valence-corrected chi connectivity index (χ2v) is 6.55. The molecule has 7 heteroatoms. The van der Waals surface area contributed by atoms with E-state index in [1.807, 2.05) is 47.0 Å². The van der Waals surface area contributed by atoms with Gasteiger partial charge in [-0.3, -0.25) is 9.36 Å². The van der Waals surface area contributed by atoms with Crippen LogP contribution >= 0.6 is 11.8 Å². The molecule has 0 radical (unpaired) electrons. The van der Waals surface area contributed by atoms with Gasteiger partial charge in [-0.25, -0.2) is 0 Å². The number of allylic oxidation sites excluding steroid dienone is 1. The number of carbonyl (C=O) groups excluding carboxylic acids is 1. The smallest absolute Gasteiger partial charge is 0.234 e. The predicted molar refractivity (Wildman–Crippen MR) is 108 cm³/mol. The van der Waals surface area contributed by atoms with Gasteiger partial charge in [0, 0.05) is 12.1 Å². The van der Waals surface area contributed by atoms with Crippen molar-refractivity contribution in [2.24, 2.45) is 0 Å². The fraction of sp³-hybridized carbons (Fsp3) is 0.150. The van der Waals surface area contributed by atoms with Crippen LogP contribution in [0.4, 0.5) is 5.69 Å². The highest BCUT2D eigenvalue weighted by atomic mass is 32.2. The van der Waals surface area contributed by atoms with Crippen molar-refractivity contribution in [3.05, 3.63) is 67.3 Å². The van der Waals surface area contributed by atoms with Gasteiger partial charge in [-0.05, 0) is 12.1 Å². The quantitative estimate of drug-likeness (QED) is 0.475. The van der Waals surface area contributed by atoms with E-state index in [0.717, 1.165) is 11.4 Å². The number of aromatic nitrogens is 3. The number of ether oxygens (including phenoxy) is 1. The number of para-hydroxylation sites is 2. The topological polar surface area (TPSA) is 69.0 Å². The van der Waals surface area contributed by atoms with Crippen LogP contribution in [0.2, 0.25) is 0 Å². The van der Waals surface area contributed by atoms with Crippen LogP contribution in [0.3, 0.4) is 0 Å². The van der Waals surface area contributed by atoms with Crippen molar-refractivity contribution in [3.8, 4) is 17.1 Å². The minimum absolute atomic E-state index is 0.140. The highest BCUT2D eigenvalue weighted by Gasteiger charge is 2.15. The lowest BCUT2D eigenvalue weighted by Gasteiger charge is -2.10. The van der Waals surface area contributed by atoms with Crippen molar-refractivity contribution in [2.45, 2.75) is 11.7 Å². The van der Waals surface area contributed by atoms with Crippen molar-refractivity contribution in [1.82, 2.24) is 14.8 Å². The van der Waals surface area contributed by atoms with E-state index in [1.54, 1.807) is 25.3 Å². The van der Waals surface area contributed by atoms with Crippen LogP contribution < -0.4 is 10.1 Å². The highest BCUT2D eigenvalue weighted by molar-refractivity contribution is 7.99. The Labute approximate surface area is 162 Å². The molecule has 0 bridgehead atoms. The molecule has 0 aliphatic rings. The average molecular weight is 380 g/mol. The van der Waals surface area contributed by atoms with Crippen molar-refractivity contribution in [3.63, 3.8) is 0 Å². The molecule has 6 nitrogen and oxygen atoms in total. The maximum atomic E-state index is 12.3. The summed E-state index contributed by atoms with van der Waals surface area (Å²) in [5.74, 6) is 1.45. The summed E-state index contributed by atoms with van der Waals surface area (Å²) in [5.41, 5.74) is 1.61. The van der Waals surface area contributed by atoms with Gasteiger partial charge < -0.3 is 10.1 Å². The molecule has 3 aromatic rings. The fourth-order valence-corrected chi connectivity index (χ4v) is 3.30. The first-order valence-corrected chi connectivity index (χ1v) is 9.36. The van der Waals surface area contributed by atoms with Crippen LogP contribution in [-0.2, 0) is 11.3 Å². The van der Waals surface area contributed by atoms with Gasteiger partial charge in [-0.1, -0.05) is 60.3 Å². The first-order chi connectivity index (χ1) is 13.2. The summed E-state index contributed by atoms with van der Waals surface area (Å²) >= 11 is 1.33. The van der Waals surface area contributed by atoms with E-state index in [4.69, 9.17) is 4.74 Å². The van der Waals surface area contributed by atoms with E-state index in [0.29, 0.717) is 23.1 Å². The second kappa shape index (κ2) is 9.05. The van der Waals surface area contributed by atoms with E-state index in [9.17, 15) is 4.79 Å². The maximum Gasteiger partial charge on any atom is 0.234 e. The zero-order valence-corrected chi connectivity index (χ0v) is 15.8. The molecular weight excluding hydrogens is 360 g/mol. The minimum Gasteiger partial charge on any atom is -0.495 e. The number of amides is 1. The van der Waals surface area contributed by atoms with Gasteiger partial charge in [-0.2, -0.15) is 0 Å². The zero-order chi connectivity index (χ0) is 19.1. The first-order valence-electron chi connectivity index (χ1n) is 8.38. The number of nitrogens with one attached hydrogen (secondary N) is 1. The average Bonchev–Trinajstić information content (AvgIpc) is 3.10. The third-order valence-corrected chi connectivity index (χ3v) is 4.74. The number of methoxy groups -OCH3 is 1. The van der Waals surface area contributed by atoms with Crippen LogP contribution in [0.1, 0.15) is 0 Å². The summed E-state index contributed by atoms with van der Waals surface area (Å²) < 4.78 is 7.20. The van der Waals surface area contributed by atoms with E-state index in [-0.39, 0.29) is 11.7 Å². The monoisotopic (exact) mass is 380 g/mol. The van der Waals surface area contributed by atoms with E-state index < -0.39 is 0 Å². The van der Waals surface area contributed by atoms with E-state index in [1.165, 1.54) is 11.8 Å². The molecule has 27 heavy (non-hydrogen) atoms. The molecule has 0 atom stereocenters. The third kappa shape index (κ3) is 4.57. The van der Waals surface area contributed by atoms with E-state index in [2.05, 4.69) is 22.1 Å². The predicted octanol–water partition coefficient (Wildman–Crippen LogP) is 3.87. The van der Waals surface area contributed by atoms with E-state index >= 15 is 0 Å². The lowest BCUT2D eigenvalue weighted by molar-refractivity contribution is -0.113. The molecule has 0 saturated heterocycles. The Bertz CT molecular complexity index is 925. The lowest BCUT2D eigenvalue weighted by atomic mass is 10.2. The SMILES string of the molecule is C=CCn1c(SCC(=O)Nc2ccccc2OC)nnc1-c1ccccc1. The summed E-state index contributed by atoms with van der Waals surface area (Å²) in [5, 5.41) is 12.1. The molecule has 0 saturated carbocycles. The number of hydrogen-bond donors (Lipinski definition) is 1. The van der Waals surface area contributed by atoms with Gasteiger partial charge in [0.15, 0.2) is 11.0 Å². The van der Waals surface area contributed by atoms with Crippen molar-refractivity contribution < 1.29 is 9.53 Å². The Morgan fingerprint density at radius 3 is 2.67 bits per heavy atom. The molecule has 3 rings (SSSR count). The molecule has 138 valence electrons.